The molecule has 1 aromatic heterocycles. The van der Waals surface area contributed by atoms with Crippen LogP contribution in [0.4, 0.5) is 4.79 Å². The van der Waals surface area contributed by atoms with Gasteiger partial charge in [0.05, 0.1) is 25.7 Å². The Morgan fingerprint density at radius 1 is 1.14 bits per heavy atom. The van der Waals surface area contributed by atoms with Gasteiger partial charge in [-0.2, -0.15) is 0 Å². The minimum atomic E-state index is -0.662. The second-order valence-corrected chi connectivity index (χ2v) is 9.78. The first kappa shape index (κ1) is 24.6. The number of benzene rings is 2. The first-order valence-corrected chi connectivity index (χ1v) is 11.9. The summed E-state index contributed by atoms with van der Waals surface area (Å²) >= 11 is 0. The van der Waals surface area contributed by atoms with Crippen molar-refractivity contribution in [3.63, 3.8) is 0 Å². The molecule has 1 N–H and O–H groups in total. The van der Waals surface area contributed by atoms with Crippen LogP contribution >= 0.6 is 0 Å². The first-order chi connectivity index (χ1) is 16.7. The van der Waals surface area contributed by atoms with Crippen molar-refractivity contribution in [2.75, 3.05) is 20.8 Å². The average Bonchev–Trinajstić information content (AvgIpc) is 3.41. The van der Waals surface area contributed by atoms with Crippen LogP contribution in [0.1, 0.15) is 56.5 Å². The van der Waals surface area contributed by atoms with E-state index < -0.39 is 17.6 Å². The Kier molecular flexibility index (Phi) is 7.00. The van der Waals surface area contributed by atoms with Gasteiger partial charge >= 0.3 is 6.09 Å². The van der Waals surface area contributed by atoms with Crippen LogP contribution in [0.2, 0.25) is 0 Å². The molecule has 2 aromatic carbocycles. The maximum Gasteiger partial charge on any atom is 0.417 e. The highest BCUT2D eigenvalue weighted by molar-refractivity contribution is 6.00. The number of methoxy groups -OCH3 is 2. The molecule has 1 aliphatic rings. The van der Waals surface area contributed by atoms with Crippen molar-refractivity contribution in [3.05, 3.63) is 53.3 Å². The lowest BCUT2D eigenvalue weighted by Crippen LogP contribution is -2.38. The summed E-state index contributed by atoms with van der Waals surface area (Å²) in [5.41, 5.74) is 2.82. The molecule has 2 amide bonds. The summed E-state index contributed by atoms with van der Waals surface area (Å²) < 4.78 is 16.3. The highest BCUT2D eigenvalue weighted by Crippen LogP contribution is 2.36. The Balaban J connectivity index is 1.53. The number of aryl methyl sites for hydroxylation is 2. The fourth-order valence-corrected chi connectivity index (χ4v) is 4.46. The fraction of sp³-hybridized carbons (Fsp3) is 0.444. The molecule has 1 saturated heterocycles. The largest absolute Gasteiger partial charge is 0.497 e. The fourth-order valence-electron chi connectivity index (χ4n) is 4.46. The molecule has 186 valence electrons. The molecule has 4 rings (SSSR count). The van der Waals surface area contributed by atoms with E-state index in [1.807, 2.05) is 30.3 Å². The quantitative estimate of drug-likeness (QED) is 0.512. The smallest absolute Gasteiger partial charge is 0.417 e. The number of fused-ring (bicyclic) bond motifs is 1. The van der Waals surface area contributed by atoms with Gasteiger partial charge in [-0.15, -0.1) is 0 Å². The predicted octanol–water partition coefficient (Wildman–Crippen LogP) is 5.01. The highest BCUT2D eigenvalue weighted by Gasteiger charge is 2.39. The van der Waals surface area contributed by atoms with E-state index in [0.717, 1.165) is 41.9 Å². The van der Waals surface area contributed by atoms with Crippen molar-refractivity contribution < 1.29 is 23.8 Å². The molecule has 1 unspecified atom stereocenters. The summed E-state index contributed by atoms with van der Waals surface area (Å²) in [7, 11) is 3.28. The molecule has 3 aromatic rings. The average molecular weight is 480 g/mol. The zero-order valence-electron chi connectivity index (χ0n) is 21.0. The minimum Gasteiger partial charge on any atom is -0.497 e. The van der Waals surface area contributed by atoms with E-state index in [0.29, 0.717) is 24.2 Å². The Morgan fingerprint density at radius 3 is 2.66 bits per heavy atom. The molecule has 2 heterocycles. The third-order valence-corrected chi connectivity index (χ3v) is 6.11. The molecule has 1 atom stereocenters. The van der Waals surface area contributed by atoms with E-state index >= 15 is 0 Å². The number of nitrogens with zero attached hydrogens (tertiary/aromatic N) is 2. The Labute approximate surface area is 205 Å². The van der Waals surface area contributed by atoms with Crippen molar-refractivity contribution >= 4 is 23.0 Å². The van der Waals surface area contributed by atoms with Gasteiger partial charge in [0.15, 0.2) is 0 Å². The molecular formula is C27H33N3O5. The molecule has 0 aliphatic carbocycles. The number of nitrogens with one attached hydrogen (secondary N) is 1. The van der Waals surface area contributed by atoms with Gasteiger partial charge in [0.2, 0.25) is 5.91 Å². The second kappa shape index (κ2) is 9.98. The zero-order chi connectivity index (χ0) is 25.2. The first-order valence-electron chi connectivity index (χ1n) is 11.9. The van der Waals surface area contributed by atoms with Crippen LogP contribution in [0.3, 0.4) is 0 Å². The van der Waals surface area contributed by atoms with E-state index in [1.165, 1.54) is 10.5 Å². The molecule has 0 bridgehead atoms. The van der Waals surface area contributed by atoms with Crippen molar-refractivity contribution in [2.45, 2.75) is 58.0 Å². The Hall–Kier alpha value is -3.55. The van der Waals surface area contributed by atoms with Gasteiger partial charge in [-0.3, -0.25) is 4.79 Å². The number of aromatic nitrogens is 2. The van der Waals surface area contributed by atoms with Crippen LogP contribution in [0.5, 0.6) is 11.5 Å². The van der Waals surface area contributed by atoms with Crippen molar-refractivity contribution in [2.24, 2.45) is 0 Å². The Morgan fingerprint density at radius 2 is 1.94 bits per heavy atom. The number of amides is 2. The summed E-state index contributed by atoms with van der Waals surface area (Å²) in [5, 5.41) is 0. The van der Waals surface area contributed by atoms with Gasteiger partial charge in [-0.05, 0) is 69.4 Å². The lowest BCUT2D eigenvalue weighted by atomic mass is 9.96. The van der Waals surface area contributed by atoms with E-state index in [2.05, 4.69) is 11.1 Å². The van der Waals surface area contributed by atoms with Gasteiger partial charge in [0.1, 0.15) is 28.4 Å². The van der Waals surface area contributed by atoms with Crippen LogP contribution in [-0.4, -0.2) is 53.2 Å². The van der Waals surface area contributed by atoms with Crippen molar-refractivity contribution in [1.29, 1.82) is 0 Å². The number of carbonyl (C=O) groups excluding carboxylic acids is 2. The number of rotatable bonds is 7. The summed E-state index contributed by atoms with van der Waals surface area (Å²) in [6, 6.07) is 11.8. The van der Waals surface area contributed by atoms with E-state index in [-0.39, 0.29) is 5.91 Å². The Bertz CT molecular complexity index is 1230. The molecule has 1 aliphatic heterocycles. The number of aromatic amines is 1. The SMILES string of the molecule is COc1cccc(CCCc2nc3c(C4CCN(C(=O)OC(C)(C)C)C4=O)ccc(OC)c3[nH]2)c1. The van der Waals surface area contributed by atoms with Gasteiger partial charge in [0, 0.05) is 13.0 Å². The number of imide groups is 1. The number of H-pyrrole nitrogens is 1. The molecule has 8 nitrogen and oxygen atoms in total. The van der Waals surface area contributed by atoms with Crippen molar-refractivity contribution in [1.82, 2.24) is 14.9 Å². The van der Waals surface area contributed by atoms with Crippen molar-refractivity contribution in [3.8, 4) is 11.5 Å². The van der Waals surface area contributed by atoms with Crippen LogP contribution in [0.25, 0.3) is 11.0 Å². The number of ether oxygens (including phenoxy) is 3. The molecular weight excluding hydrogens is 446 g/mol. The monoisotopic (exact) mass is 479 g/mol. The summed E-state index contributed by atoms with van der Waals surface area (Å²) in [5.74, 6) is 1.65. The number of hydrogen-bond acceptors (Lipinski definition) is 6. The van der Waals surface area contributed by atoms with E-state index in [9.17, 15) is 9.59 Å². The summed E-state index contributed by atoms with van der Waals surface area (Å²) in [6.45, 7) is 5.68. The highest BCUT2D eigenvalue weighted by atomic mass is 16.6. The summed E-state index contributed by atoms with van der Waals surface area (Å²) in [4.78, 5) is 35.1. The maximum atomic E-state index is 13.2. The number of imidazole rings is 1. The zero-order valence-corrected chi connectivity index (χ0v) is 21.0. The van der Waals surface area contributed by atoms with Crippen LogP contribution in [0.15, 0.2) is 36.4 Å². The van der Waals surface area contributed by atoms with Gasteiger partial charge in [-0.25, -0.2) is 14.7 Å². The number of carbonyl (C=O) groups is 2. The normalized spacial score (nSPS) is 16.1. The third-order valence-electron chi connectivity index (χ3n) is 6.11. The van der Waals surface area contributed by atoms with Gasteiger partial charge in [-0.1, -0.05) is 18.2 Å². The van der Waals surface area contributed by atoms with E-state index in [4.69, 9.17) is 19.2 Å². The van der Waals surface area contributed by atoms with Crippen LogP contribution in [0, 0.1) is 0 Å². The third kappa shape index (κ3) is 5.42. The number of likely N-dealkylation sites (tertiary alicyclic amines) is 1. The standard InChI is InChI=1S/C27H33N3O5/c1-27(2,3)35-26(32)30-15-14-20(25(30)31)19-12-13-21(34-5)24-23(19)28-22(29-24)11-7-9-17-8-6-10-18(16-17)33-4/h6,8,10,12-13,16,20H,7,9,11,14-15H2,1-5H3,(H,28,29). The predicted molar refractivity (Wildman–Crippen MR) is 133 cm³/mol. The molecule has 0 spiro atoms. The van der Waals surface area contributed by atoms with Crippen LogP contribution < -0.4 is 9.47 Å². The topological polar surface area (TPSA) is 93.8 Å². The molecule has 0 radical (unpaired) electrons. The maximum absolute atomic E-state index is 13.2. The second-order valence-electron chi connectivity index (χ2n) is 9.78. The van der Waals surface area contributed by atoms with Crippen LogP contribution in [-0.2, 0) is 22.4 Å². The lowest BCUT2D eigenvalue weighted by Gasteiger charge is -2.23. The minimum absolute atomic E-state index is 0.256. The van der Waals surface area contributed by atoms with Gasteiger partial charge < -0.3 is 19.2 Å². The lowest BCUT2D eigenvalue weighted by molar-refractivity contribution is -0.128. The van der Waals surface area contributed by atoms with E-state index in [1.54, 1.807) is 35.0 Å². The molecule has 35 heavy (non-hydrogen) atoms. The van der Waals surface area contributed by atoms with Gasteiger partial charge in [0.25, 0.3) is 0 Å². The summed E-state index contributed by atoms with van der Waals surface area (Å²) in [6.07, 6.45) is 2.47. The molecule has 0 saturated carbocycles. The molecule has 1 fully saturated rings. The number of hydrogen-bond donors (Lipinski definition) is 1. The molecule has 8 heteroatoms.